The van der Waals surface area contributed by atoms with Crippen LogP contribution in [0, 0.1) is 17.8 Å². The van der Waals surface area contributed by atoms with E-state index in [1.54, 1.807) is 0 Å². The minimum atomic E-state index is -1.31. The summed E-state index contributed by atoms with van der Waals surface area (Å²) in [5.74, 6) is 2.31. The molecule has 206 valence electrons. The fourth-order valence-corrected chi connectivity index (χ4v) is 6.99. The lowest BCUT2D eigenvalue weighted by Gasteiger charge is -2.43. The van der Waals surface area contributed by atoms with Crippen molar-refractivity contribution in [1.82, 2.24) is 5.32 Å². The molecule has 0 saturated carbocycles. The van der Waals surface area contributed by atoms with Crippen LogP contribution in [0.4, 0.5) is 0 Å². The fraction of sp³-hybridized carbons (Fsp3) is 0.840. The zero-order valence-electron chi connectivity index (χ0n) is 21.1. The highest BCUT2D eigenvalue weighted by Crippen LogP contribution is 2.33. The number of ether oxygens (including phenoxy) is 2. The number of quaternary nitrogens is 1. The fourth-order valence-electron chi connectivity index (χ4n) is 5.92. The molecule has 4 aliphatic heterocycles. The van der Waals surface area contributed by atoms with Crippen LogP contribution < -0.4 is 15.7 Å². The number of nitrogens with two attached hydrogens (primary N) is 1. The number of fused-ring (bicyclic) bond motifs is 3. The highest BCUT2D eigenvalue weighted by atomic mass is 32.2. The second-order valence-electron chi connectivity index (χ2n) is 10.6. The summed E-state index contributed by atoms with van der Waals surface area (Å²) in [5.41, 5.74) is -0.634. The van der Waals surface area contributed by atoms with Crippen LogP contribution in [0.25, 0.3) is 0 Å². The molecule has 0 spiro atoms. The first kappa shape index (κ1) is 29.3. The van der Waals surface area contributed by atoms with Crippen molar-refractivity contribution in [3.63, 3.8) is 0 Å². The van der Waals surface area contributed by atoms with E-state index in [2.05, 4.69) is 30.6 Å². The lowest BCUT2D eigenvalue weighted by atomic mass is 9.85. The molecule has 2 bridgehead atoms. The molecule has 11 heteroatoms. The maximum absolute atomic E-state index is 13.4. The summed E-state index contributed by atoms with van der Waals surface area (Å²) < 4.78 is 12.2. The van der Waals surface area contributed by atoms with Crippen molar-refractivity contribution in [2.75, 3.05) is 18.9 Å². The molecule has 0 aromatic carbocycles. The van der Waals surface area contributed by atoms with Crippen molar-refractivity contribution in [2.45, 2.75) is 94.0 Å². The first-order valence-electron chi connectivity index (χ1n) is 13.0. The quantitative estimate of drug-likeness (QED) is 0.207. The van der Waals surface area contributed by atoms with Gasteiger partial charge in [0.15, 0.2) is 6.04 Å². The maximum Gasteiger partial charge on any atom is 0.281 e. The number of carbonyl (C=O) groups is 2. The summed E-state index contributed by atoms with van der Waals surface area (Å²) in [6, 6.07) is -0.826. The van der Waals surface area contributed by atoms with Crippen LogP contribution in [0.1, 0.15) is 46.0 Å². The average Bonchev–Trinajstić information content (AvgIpc) is 3.12. The molecule has 6 N–H and O–H groups in total. The first-order chi connectivity index (χ1) is 17.3. The highest BCUT2D eigenvalue weighted by Gasteiger charge is 2.50. The van der Waals surface area contributed by atoms with Gasteiger partial charge in [0.05, 0.1) is 12.6 Å². The predicted molar refractivity (Wildman–Crippen MR) is 131 cm³/mol. The number of carbonyl (C=O) groups excluding carboxylic acids is 2. The number of aliphatic hydroxyl groups excluding tert-OH is 3. The SMILES string of the molecule is CC(C)C[C@@H]1CCO[C@@H]2[C@H](C[NH2+][C@@H]2C(=O)N[C@@H]2C/C=C\CCS[C@H]3O[C@H]2[C@H](O)[C@H](O)[C@H]3O)C1.O=C[O-]. The third kappa shape index (κ3) is 7.43. The van der Waals surface area contributed by atoms with Gasteiger partial charge in [-0.2, -0.15) is 0 Å². The Morgan fingerprint density at radius 1 is 1.22 bits per heavy atom. The van der Waals surface area contributed by atoms with Gasteiger partial charge in [0.2, 0.25) is 0 Å². The van der Waals surface area contributed by atoms with E-state index < -0.39 is 42.4 Å². The Kier molecular flexibility index (Phi) is 11.5. The van der Waals surface area contributed by atoms with Crippen LogP contribution in [0.2, 0.25) is 0 Å². The molecule has 4 aliphatic rings. The summed E-state index contributed by atoms with van der Waals surface area (Å²) in [4.78, 5) is 21.7. The van der Waals surface area contributed by atoms with E-state index in [-0.39, 0.29) is 18.1 Å². The lowest BCUT2D eigenvalue weighted by molar-refractivity contribution is -0.662. The van der Waals surface area contributed by atoms with E-state index >= 15 is 0 Å². The van der Waals surface area contributed by atoms with Gasteiger partial charge in [0.25, 0.3) is 5.91 Å². The molecule has 0 aliphatic carbocycles. The third-order valence-corrected chi connectivity index (χ3v) is 8.74. The first-order valence-corrected chi connectivity index (χ1v) is 14.1. The third-order valence-electron chi connectivity index (χ3n) is 7.55. The molecule has 0 aromatic rings. The van der Waals surface area contributed by atoms with Crippen molar-refractivity contribution in [1.29, 1.82) is 0 Å². The second kappa shape index (κ2) is 14.1. The number of amides is 1. The number of hydrogen-bond donors (Lipinski definition) is 5. The number of carboxylic acid groups (broad SMARTS) is 1. The number of thioether (sulfide) groups is 1. The Labute approximate surface area is 217 Å². The largest absolute Gasteiger partial charge is 0.554 e. The van der Waals surface area contributed by atoms with E-state index in [1.807, 2.05) is 6.08 Å². The van der Waals surface area contributed by atoms with Crippen molar-refractivity contribution in [3.8, 4) is 0 Å². The standard InChI is InChI=1S/C24H40N2O6S.CH2O2/c1-13(2)10-14-7-8-31-21-15(11-14)12-25-17(21)23(30)26-16-6-4-3-5-9-33-24-20(29)18(27)19(28)22(16)32-24;2-1-3/h3-4,13-22,24-25,27-29H,5-12H2,1-2H3,(H,26,30);1H,(H,2,3)/b4-3-;/t14-,15-,16+,17-,18-,19+,20+,21+,22+,24+;/m0./s1. The Morgan fingerprint density at radius 3 is 2.69 bits per heavy atom. The van der Waals surface area contributed by atoms with Crippen molar-refractivity contribution in [3.05, 3.63) is 12.2 Å². The van der Waals surface area contributed by atoms with Gasteiger partial charge in [-0.05, 0) is 49.7 Å². The smallest absolute Gasteiger partial charge is 0.281 e. The maximum atomic E-state index is 13.4. The van der Waals surface area contributed by atoms with Crippen LogP contribution in [-0.4, -0.2) is 94.6 Å². The van der Waals surface area contributed by atoms with Crippen LogP contribution in [-0.2, 0) is 19.1 Å². The topological polar surface area (TPSA) is 165 Å². The monoisotopic (exact) mass is 530 g/mol. The van der Waals surface area contributed by atoms with E-state index in [0.29, 0.717) is 30.8 Å². The zero-order chi connectivity index (χ0) is 26.2. The number of allylic oxidation sites excluding steroid dienone is 1. The summed E-state index contributed by atoms with van der Waals surface area (Å²) >= 11 is 1.42. The summed E-state index contributed by atoms with van der Waals surface area (Å²) in [6.07, 6.45) is 4.06. The van der Waals surface area contributed by atoms with Crippen molar-refractivity contribution in [2.24, 2.45) is 17.8 Å². The summed E-state index contributed by atoms with van der Waals surface area (Å²) in [7, 11) is 0. The number of rotatable bonds is 4. The van der Waals surface area contributed by atoms with Gasteiger partial charge in [-0.3, -0.25) is 4.79 Å². The van der Waals surface area contributed by atoms with Gasteiger partial charge in [0, 0.05) is 19.0 Å². The number of hydrogen-bond acceptors (Lipinski definition) is 9. The Morgan fingerprint density at radius 2 is 1.97 bits per heavy atom. The number of nitrogens with one attached hydrogen (secondary N) is 1. The highest BCUT2D eigenvalue weighted by molar-refractivity contribution is 7.99. The summed E-state index contributed by atoms with van der Waals surface area (Å²) in [5, 5.41) is 44.9. The molecule has 0 radical (unpaired) electrons. The molecule has 10 nitrogen and oxygen atoms in total. The van der Waals surface area contributed by atoms with Crippen molar-refractivity contribution >= 4 is 24.1 Å². The lowest BCUT2D eigenvalue weighted by Crippen LogP contribution is -2.91. The molecule has 0 unspecified atom stereocenters. The molecular weight excluding hydrogens is 488 g/mol. The minimum Gasteiger partial charge on any atom is -0.554 e. The van der Waals surface area contributed by atoms with Gasteiger partial charge in [-0.1, -0.05) is 26.0 Å². The average molecular weight is 531 g/mol. The van der Waals surface area contributed by atoms with Crippen LogP contribution >= 0.6 is 11.8 Å². The van der Waals surface area contributed by atoms with Gasteiger partial charge in [-0.15, -0.1) is 11.8 Å². The zero-order valence-corrected chi connectivity index (χ0v) is 21.9. The molecule has 10 atom stereocenters. The van der Waals surface area contributed by atoms with Crippen LogP contribution in [0.3, 0.4) is 0 Å². The van der Waals surface area contributed by atoms with Gasteiger partial charge < -0.3 is 45.3 Å². The van der Waals surface area contributed by atoms with E-state index in [1.165, 1.54) is 18.2 Å². The van der Waals surface area contributed by atoms with Crippen LogP contribution in [0.5, 0.6) is 0 Å². The normalized spacial score (nSPS) is 41.7. The molecular formula is C25H42N2O8S. The molecule has 3 saturated heterocycles. The number of aliphatic hydroxyl groups is 3. The van der Waals surface area contributed by atoms with E-state index in [0.717, 1.165) is 31.6 Å². The van der Waals surface area contributed by atoms with Gasteiger partial charge >= 0.3 is 0 Å². The molecule has 4 rings (SSSR count). The van der Waals surface area contributed by atoms with Crippen LogP contribution in [0.15, 0.2) is 12.2 Å². The molecule has 4 heterocycles. The molecule has 36 heavy (non-hydrogen) atoms. The van der Waals surface area contributed by atoms with Gasteiger partial charge in [-0.25, -0.2) is 0 Å². The Balaban J connectivity index is 0.00000115. The second-order valence-corrected chi connectivity index (χ2v) is 11.8. The molecule has 1 amide bonds. The predicted octanol–water partition coefficient (Wildman–Crippen LogP) is -1.87. The molecule has 0 aromatic heterocycles. The Bertz CT molecular complexity index is 741. The Hall–Kier alpha value is -1.21. The minimum absolute atomic E-state index is 0.106. The van der Waals surface area contributed by atoms with E-state index in [9.17, 15) is 20.1 Å². The molecule has 3 fully saturated rings. The summed E-state index contributed by atoms with van der Waals surface area (Å²) in [6.45, 7) is 5.59. The van der Waals surface area contributed by atoms with E-state index in [4.69, 9.17) is 19.4 Å². The van der Waals surface area contributed by atoms with Crippen molar-refractivity contribution < 1.29 is 44.8 Å². The van der Waals surface area contributed by atoms with Gasteiger partial charge in [0.1, 0.15) is 36.0 Å².